The summed E-state index contributed by atoms with van der Waals surface area (Å²) in [5.74, 6) is -2.23. The molecule has 182 valence electrons. The molecule has 2 aliphatic rings. The Hall–Kier alpha value is -2.40. The van der Waals surface area contributed by atoms with E-state index in [-0.39, 0.29) is 47.5 Å². The number of halogens is 1. The van der Waals surface area contributed by atoms with E-state index in [9.17, 15) is 19.8 Å². The van der Waals surface area contributed by atoms with Gasteiger partial charge in [0, 0.05) is 11.5 Å². The lowest BCUT2D eigenvalue weighted by Crippen LogP contribution is -3.00. The molecule has 35 heavy (non-hydrogen) atoms. The van der Waals surface area contributed by atoms with Crippen molar-refractivity contribution in [3.05, 3.63) is 58.5 Å². The molecule has 0 aliphatic carbocycles. The van der Waals surface area contributed by atoms with Gasteiger partial charge in [0.25, 0.3) is 6.33 Å². The topological polar surface area (TPSA) is 111 Å². The van der Waals surface area contributed by atoms with Gasteiger partial charge in [0.1, 0.15) is 18.4 Å². The Bertz CT molecular complexity index is 1400. The Morgan fingerprint density at radius 1 is 1.34 bits per heavy atom. The number of carbonyl (C=O) groups is 2. The zero-order chi connectivity index (χ0) is 24.3. The second kappa shape index (κ2) is 9.57. The predicted octanol–water partition coefficient (Wildman–Crippen LogP) is -0.413. The van der Waals surface area contributed by atoms with Crippen LogP contribution < -0.4 is 28.4 Å². The monoisotopic (exact) mass is 622 g/mol. The Labute approximate surface area is 227 Å². The van der Waals surface area contributed by atoms with E-state index in [1.54, 1.807) is 30.8 Å². The minimum Gasteiger partial charge on any atom is -1.00 e. The van der Waals surface area contributed by atoms with Gasteiger partial charge in [0.2, 0.25) is 15.8 Å². The minimum atomic E-state index is -1.12. The molecule has 2 aliphatic heterocycles. The normalized spacial score (nSPS) is 22.0. The molecule has 1 aromatic carbocycles. The quantitative estimate of drug-likeness (QED) is 0.168. The van der Waals surface area contributed by atoms with E-state index in [2.05, 4.69) is 10.6 Å². The molecule has 4 atom stereocenters. The highest BCUT2D eigenvalue weighted by Gasteiger charge is 2.60. The first-order valence-electron chi connectivity index (χ1n) is 10.8. The van der Waals surface area contributed by atoms with Crippen LogP contribution in [-0.2, 0) is 16.1 Å². The van der Waals surface area contributed by atoms with Crippen molar-refractivity contribution in [3.8, 4) is 6.07 Å². The molecule has 0 saturated carbocycles. The average molecular weight is 623 g/mol. The van der Waals surface area contributed by atoms with Gasteiger partial charge in [-0.1, -0.05) is 42.2 Å². The number of aliphatic hydroxyl groups excluding tert-OH is 1. The maximum atomic E-state index is 12.6. The van der Waals surface area contributed by atoms with E-state index in [1.165, 1.54) is 16.2 Å². The van der Waals surface area contributed by atoms with E-state index in [0.29, 0.717) is 17.7 Å². The smallest absolute Gasteiger partial charge is 0.352 e. The Balaban J connectivity index is 0.00000289. The van der Waals surface area contributed by atoms with Gasteiger partial charge < -0.3 is 39.1 Å². The van der Waals surface area contributed by atoms with Gasteiger partial charge in [-0.25, -0.2) is 9.36 Å². The zero-order valence-corrected chi connectivity index (χ0v) is 23.0. The van der Waals surface area contributed by atoms with Crippen molar-refractivity contribution in [2.24, 2.45) is 11.8 Å². The van der Waals surface area contributed by atoms with Crippen LogP contribution in [0.2, 0.25) is 0 Å². The third-order valence-corrected chi connectivity index (χ3v) is 8.76. The van der Waals surface area contributed by atoms with Gasteiger partial charge in [0.15, 0.2) is 0 Å². The summed E-state index contributed by atoms with van der Waals surface area (Å²) in [7, 11) is 0. The first kappa shape index (κ1) is 25.7. The van der Waals surface area contributed by atoms with E-state index in [1.807, 2.05) is 42.2 Å². The van der Waals surface area contributed by atoms with Crippen LogP contribution in [0, 0.1) is 23.2 Å². The Morgan fingerprint density at radius 3 is 2.60 bits per heavy atom. The molecule has 2 N–H and O–H groups in total. The second-order valence-electron chi connectivity index (χ2n) is 8.69. The highest BCUT2D eigenvalue weighted by molar-refractivity contribution is 7.98. The van der Waals surface area contributed by atoms with E-state index in [4.69, 9.17) is 5.26 Å². The number of aromatic nitrogens is 2. The number of carboxylic acids is 1. The molecular formula is C24H23IN4O4S2. The van der Waals surface area contributed by atoms with Crippen LogP contribution >= 0.6 is 23.1 Å². The van der Waals surface area contributed by atoms with Gasteiger partial charge >= 0.3 is 5.97 Å². The average Bonchev–Trinajstić information content (AvgIpc) is 3.41. The number of thiazole rings is 1. The molecular weight excluding hydrogens is 599 g/mol. The summed E-state index contributed by atoms with van der Waals surface area (Å²) in [6, 6.07) is 9.28. The number of nitriles is 1. The number of carboxylic acid groups (broad SMARTS) is 1. The Morgan fingerprint density at radius 2 is 2.03 bits per heavy atom. The minimum absolute atomic E-state index is 0. The molecule has 1 amide bonds. The molecule has 3 aromatic rings. The number of carbonyl (C=O) groups excluding carboxylic acids is 1. The third kappa shape index (κ3) is 3.96. The predicted molar refractivity (Wildman–Crippen MR) is 127 cm³/mol. The fraction of sp³-hybridized carbons (Fsp3) is 0.333. The number of hydrogen-bond donors (Lipinski definition) is 2. The van der Waals surface area contributed by atoms with Crippen molar-refractivity contribution >= 4 is 45.4 Å². The lowest BCUT2D eigenvalue weighted by molar-refractivity contribution is -0.508. The highest BCUT2D eigenvalue weighted by Crippen LogP contribution is 2.51. The van der Waals surface area contributed by atoms with Crippen molar-refractivity contribution in [2.45, 2.75) is 37.6 Å². The number of amides is 1. The van der Waals surface area contributed by atoms with E-state index < -0.39 is 18.0 Å². The van der Waals surface area contributed by atoms with E-state index in [0.717, 1.165) is 20.3 Å². The van der Waals surface area contributed by atoms with Crippen LogP contribution in [0.15, 0.2) is 47.5 Å². The standard InChI is InChI=1S/C24H22N4O4S2.HI/c1-12-17(20(24(31)32)28-19(12)18(13(2)29)21(28)30)16-10-27-11-26(22(33-3)23(27)34-16)9-15-6-4-14(8-25)5-7-15;/h4-7,10-13,18-19,29H,9H2,1-3H3;1H/t12-,13+,18+,19+;/m0./s1. The second-order valence-corrected chi connectivity index (χ2v) is 10.5. The van der Waals surface area contributed by atoms with Crippen LogP contribution in [0.5, 0.6) is 0 Å². The molecule has 5 rings (SSSR count). The molecule has 1 saturated heterocycles. The number of aliphatic hydroxyl groups is 1. The summed E-state index contributed by atoms with van der Waals surface area (Å²) in [6.45, 7) is 4.16. The van der Waals surface area contributed by atoms with Crippen LogP contribution in [-0.4, -0.2) is 50.0 Å². The first-order chi connectivity index (χ1) is 16.3. The van der Waals surface area contributed by atoms with Gasteiger partial charge in [-0.3, -0.25) is 4.79 Å². The highest BCUT2D eigenvalue weighted by atomic mass is 127. The molecule has 1 fully saturated rings. The number of hydrogen-bond acceptors (Lipinski definition) is 6. The summed E-state index contributed by atoms with van der Waals surface area (Å²) in [6.07, 6.45) is 5.09. The molecule has 11 heteroatoms. The van der Waals surface area contributed by atoms with Crippen LogP contribution in [0.1, 0.15) is 29.9 Å². The number of β-lactam (4-membered cyclic amide) rings is 1. The van der Waals surface area contributed by atoms with Crippen molar-refractivity contribution in [3.63, 3.8) is 0 Å². The molecule has 0 spiro atoms. The molecule has 2 aromatic heterocycles. The van der Waals surface area contributed by atoms with Crippen LogP contribution in [0.4, 0.5) is 0 Å². The first-order valence-corrected chi connectivity index (χ1v) is 12.9. The number of fused-ring (bicyclic) bond motifs is 2. The number of aliphatic carboxylic acids is 1. The van der Waals surface area contributed by atoms with Gasteiger partial charge in [0.05, 0.1) is 34.6 Å². The van der Waals surface area contributed by atoms with Crippen molar-refractivity contribution < 1.29 is 48.2 Å². The maximum Gasteiger partial charge on any atom is 0.352 e. The summed E-state index contributed by atoms with van der Waals surface area (Å²) in [5.41, 5.74) is 2.37. The van der Waals surface area contributed by atoms with Crippen LogP contribution in [0.3, 0.4) is 0 Å². The number of benzene rings is 1. The SMILES string of the molecule is CSc1c2sc(C3=C(C(=O)O)N4C(=O)[C@H]([C@@H](C)O)[C@H]4[C@H]3C)c[n+]2cn1Cc1ccc(C#N)cc1.[I-]. The van der Waals surface area contributed by atoms with Gasteiger partial charge in [-0.2, -0.15) is 9.66 Å². The molecule has 4 heterocycles. The summed E-state index contributed by atoms with van der Waals surface area (Å²) >= 11 is 3.12. The molecule has 0 radical (unpaired) electrons. The van der Waals surface area contributed by atoms with Crippen molar-refractivity contribution in [2.75, 3.05) is 6.26 Å². The van der Waals surface area contributed by atoms with Crippen molar-refractivity contribution in [1.29, 1.82) is 5.26 Å². The molecule has 0 unspecified atom stereocenters. The number of imidazole rings is 1. The lowest BCUT2D eigenvalue weighted by atomic mass is 9.77. The third-order valence-electron chi connectivity index (χ3n) is 6.67. The molecule has 0 bridgehead atoms. The summed E-state index contributed by atoms with van der Waals surface area (Å²) in [4.78, 5) is 28.0. The fourth-order valence-electron chi connectivity index (χ4n) is 5.15. The number of nitrogens with zero attached hydrogens (tertiary/aromatic N) is 4. The van der Waals surface area contributed by atoms with E-state index >= 15 is 0 Å². The summed E-state index contributed by atoms with van der Waals surface area (Å²) in [5, 5.41) is 30.1. The van der Waals surface area contributed by atoms with Gasteiger partial charge in [-0.05, 0) is 30.9 Å². The van der Waals surface area contributed by atoms with Crippen molar-refractivity contribution in [1.82, 2.24) is 9.47 Å². The number of rotatable bonds is 6. The lowest BCUT2D eigenvalue weighted by Gasteiger charge is -2.46. The number of thioether (sulfide) groups is 1. The Kier molecular flexibility index (Phi) is 7.02. The largest absolute Gasteiger partial charge is 1.00 e. The fourth-order valence-corrected chi connectivity index (χ4v) is 7.33. The summed E-state index contributed by atoms with van der Waals surface area (Å²) < 4.78 is 4.13. The maximum absolute atomic E-state index is 12.6. The zero-order valence-electron chi connectivity index (χ0n) is 19.2. The van der Waals surface area contributed by atoms with Gasteiger partial charge in [-0.15, -0.1) is 0 Å². The van der Waals surface area contributed by atoms with Crippen LogP contribution in [0.25, 0.3) is 10.4 Å². The molecule has 8 nitrogen and oxygen atoms in total.